The van der Waals surface area contributed by atoms with Crippen LogP contribution in [0.15, 0.2) is 48.0 Å². The van der Waals surface area contributed by atoms with E-state index in [1.54, 1.807) is 0 Å². The second-order valence-corrected chi connectivity index (χ2v) is 3.67. The lowest BCUT2D eigenvalue weighted by Gasteiger charge is -2.06. The first-order valence-electron chi connectivity index (χ1n) is 4.27. The molecule has 0 aromatic heterocycles. The van der Waals surface area contributed by atoms with Gasteiger partial charge in [0.1, 0.15) is 0 Å². The molecule has 0 atom stereocenters. The summed E-state index contributed by atoms with van der Waals surface area (Å²) >= 11 is 3.59. The summed E-state index contributed by atoms with van der Waals surface area (Å²) in [7, 11) is 0. The maximum atomic E-state index is 3.73. The van der Waals surface area contributed by atoms with Crippen LogP contribution in [0.4, 0.5) is 0 Å². The van der Waals surface area contributed by atoms with Gasteiger partial charge in [0.15, 0.2) is 0 Å². The summed E-state index contributed by atoms with van der Waals surface area (Å²) in [6, 6.07) is 6.29. The van der Waals surface area contributed by atoms with Gasteiger partial charge in [0.05, 0.1) is 0 Å². The minimum atomic E-state index is 0.908. The van der Waals surface area contributed by atoms with Crippen molar-refractivity contribution >= 4 is 15.9 Å². The number of benzene rings is 1. The number of halogens is 1. The molecule has 0 bridgehead atoms. The van der Waals surface area contributed by atoms with Crippen molar-refractivity contribution in [2.45, 2.75) is 12.8 Å². The quantitative estimate of drug-likeness (QED) is 0.696. The maximum absolute atomic E-state index is 3.73. The Morgan fingerprint density at radius 1 is 1.08 bits per heavy atom. The van der Waals surface area contributed by atoms with E-state index in [9.17, 15) is 0 Å². The first-order valence-corrected chi connectivity index (χ1v) is 5.07. The standard InChI is InChI=1S/C12H13Br/c1-3-6-10-8-5-9-11(7-4-2)12(10)13/h3-5,8-9H,1-2,6-7H2. The van der Waals surface area contributed by atoms with Crippen LogP contribution in [0.5, 0.6) is 0 Å². The highest BCUT2D eigenvalue weighted by Crippen LogP contribution is 2.23. The molecule has 0 aliphatic carbocycles. The molecular formula is C12H13Br. The fourth-order valence-corrected chi connectivity index (χ4v) is 1.85. The van der Waals surface area contributed by atoms with E-state index in [0.29, 0.717) is 0 Å². The normalized spacial score (nSPS) is 9.62. The summed E-state index contributed by atoms with van der Waals surface area (Å²) in [5.74, 6) is 0. The minimum Gasteiger partial charge on any atom is -0.103 e. The van der Waals surface area contributed by atoms with Crippen molar-refractivity contribution in [1.29, 1.82) is 0 Å². The lowest BCUT2D eigenvalue weighted by atomic mass is 10.1. The van der Waals surface area contributed by atoms with Gasteiger partial charge in [0, 0.05) is 4.47 Å². The third-order valence-electron chi connectivity index (χ3n) is 1.89. The molecule has 0 aliphatic heterocycles. The summed E-state index contributed by atoms with van der Waals surface area (Å²) in [5, 5.41) is 0. The molecule has 0 saturated carbocycles. The van der Waals surface area contributed by atoms with Crippen LogP contribution < -0.4 is 0 Å². The van der Waals surface area contributed by atoms with Crippen LogP contribution in [0, 0.1) is 0 Å². The van der Waals surface area contributed by atoms with E-state index in [1.165, 1.54) is 15.6 Å². The first-order chi connectivity index (χ1) is 6.29. The molecule has 1 rings (SSSR count). The van der Waals surface area contributed by atoms with E-state index in [0.717, 1.165) is 12.8 Å². The third-order valence-corrected chi connectivity index (χ3v) is 2.91. The van der Waals surface area contributed by atoms with E-state index in [2.05, 4.69) is 47.3 Å². The van der Waals surface area contributed by atoms with E-state index in [4.69, 9.17) is 0 Å². The zero-order chi connectivity index (χ0) is 9.68. The van der Waals surface area contributed by atoms with Crippen LogP contribution in [-0.2, 0) is 12.8 Å². The van der Waals surface area contributed by atoms with Crippen LogP contribution in [0.3, 0.4) is 0 Å². The molecule has 1 aromatic carbocycles. The molecule has 68 valence electrons. The molecule has 0 aliphatic rings. The predicted octanol–water partition coefficient (Wildman–Crippen LogP) is 3.91. The van der Waals surface area contributed by atoms with E-state index < -0.39 is 0 Å². The van der Waals surface area contributed by atoms with Crippen molar-refractivity contribution in [2.75, 3.05) is 0 Å². The number of allylic oxidation sites excluding steroid dienone is 2. The average molecular weight is 237 g/mol. The molecule has 0 N–H and O–H groups in total. The maximum Gasteiger partial charge on any atom is 0.0245 e. The third kappa shape index (κ3) is 2.56. The van der Waals surface area contributed by atoms with Crippen molar-refractivity contribution < 1.29 is 0 Å². The monoisotopic (exact) mass is 236 g/mol. The zero-order valence-electron chi connectivity index (χ0n) is 7.59. The van der Waals surface area contributed by atoms with Gasteiger partial charge < -0.3 is 0 Å². The lowest BCUT2D eigenvalue weighted by Crippen LogP contribution is -1.89. The van der Waals surface area contributed by atoms with Crippen molar-refractivity contribution in [3.05, 3.63) is 59.1 Å². The van der Waals surface area contributed by atoms with Gasteiger partial charge in [-0.05, 0) is 24.0 Å². The van der Waals surface area contributed by atoms with Crippen LogP contribution in [0.25, 0.3) is 0 Å². The molecular weight excluding hydrogens is 224 g/mol. The summed E-state index contributed by atoms with van der Waals surface area (Å²) in [6.45, 7) is 7.46. The highest BCUT2D eigenvalue weighted by atomic mass is 79.9. The topological polar surface area (TPSA) is 0 Å². The zero-order valence-corrected chi connectivity index (χ0v) is 9.18. The average Bonchev–Trinajstić information content (AvgIpc) is 2.13. The number of hydrogen-bond donors (Lipinski definition) is 0. The Morgan fingerprint density at radius 3 is 1.92 bits per heavy atom. The highest BCUT2D eigenvalue weighted by molar-refractivity contribution is 9.10. The molecule has 0 heterocycles. The molecule has 1 heteroatoms. The number of rotatable bonds is 4. The fourth-order valence-electron chi connectivity index (χ4n) is 1.26. The molecule has 0 fully saturated rings. The molecule has 0 radical (unpaired) electrons. The van der Waals surface area contributed by atoms with Crippen molar-refractivity contribution in [3.63, 3.8) is 0 Å². The molecule has 0 unspecified atom stereocenters. The Hall–Kier alpha value is -0.820. The van der Waals surface area contributed by atoms with Gasteiger partial charge in [-0.3, -0.25) is 0 Å². The molecule has 0 nitrogen and oxygen atoms in total. The van der Waals surface area contributed by atoms with E-state index in [-0.39, 0.29) is 0 Å². The van der Waals surface area contributed by atoms with Crippen LogP contribution in [-0.4, -0.2) is 0 Å². The molecule has 0 saturated heterocycles. The second-order valence-electron chi connectivity index (χ2n) is 2.88. The largest absolute Gasteiger partial charge is 0.103 e. The van der Waals surface area contributed by atoms with Gasteiger partial charge in [0.25, 0.3) is 0 Å². The minimum absolute atomic E-state index is 0.908. The smallest absolute Gasteiger partial charge is 0.0245 e. The molecule has 1 aromatic rings. The molecule has 0 amide bonds. The Balaban J connectivity index is 3.02. The van der Waals surface area contributed by atoms with Gasteiger partial charge in [-0.25, -0.2) is 0 Å². The summed E-state index contributed by atoms with van der Waals surface area (Å²) < 4.78 is 1.19. The fraction of sp³-hybridized carbons (Fsp3) is 0.167. The summed E-state index contributed by atoms with van der Waals surface area (Å²) in [5.41, 5.74) is 2.57. The van der Waals surface area contributed by atoms with E-state index in [1.807, 2.05) is 12.2 Å². The Morgan fingerprint density at radius 2 is 1.54 bits per heavy atom. The van der Waals surface area contributed by atoms with Crippen molar-refractivity contribution in [2.24, 2.45) is 0 Å². The lowest BCUT2D eigenvalue weighted by molar-refractivity contribution is 1.18. The Kier molecular flexibility index (Phi) is 3.97. The van der Waals surface area contributed by atoms with Crippen molar-refractivity contribution in [3.8, 4) is 0 Å². The molecule has 13 heavy (non-hydrogen) atoms. The van der Waals surface area contributed by atoms with Crippen molar-refractivity contribution in [1.82, 2.24) is 0 Å². The van der Waals surface area contributed by atoms with Gasteiger partial charge in [0.2, 0.25) is 0 Å². The van der Waals surface area contributed by atoms with Gasteiger partial charge >= 0.3 is 0 Å². The highest BCUT2D eigenvalue weighted by Gasteiger charge is 2.01. The SMILES string of the molecule is C=CCc1cccc(CC=C)c1Br. The first kappa shape index (κ1) is 10.3. The predicted molar refractivity (Wildman–Crippen MR) is 61.9 cm³/mol. The van der Waals surface area contributed by atoms with Crippen LogP contribution in [0.1, 0.15) is 11.1 Å². The van der Waals surface area contributed by atoms with Gasteiger partial charge in [-0.1, -0.05) is 46.3 Å². The summed E-state index contributed by atoms with van der Waals surface area (Å²) in [4.78, 5) is 0. The molecule has 0 spiro atoms. The number of hydrogen-bond acceptors (Lipinski definition) is 0. The Bertz CT molecular complexity index is 285. The van der Waals surface area contributed by atoms with Gasteiger partial charge in [-0.15, -0.1) is 13.2 Å². The summed E-state index contributed by atoms with van der Waals surface area (Å²) in [6.07, 6.45) is 5.65. The van der Waals surface area contributed by atoms with Crippen LogP contribution >= 0.6 is 15.9 Å². The van der Waals surface area contributed by atoms with Crippen LogP contribution in [0.2, 0.25) is 0 Å². The second kappa shape index (κ2) is 5.03. The van der Waals surface area contributed by atoms with E-state index >= 15 is 0 Å². The Labute approximate surface area is 88.1 Å². The van der Waals surface area contributed by atoms with Gasteiger partial charge in [-0.2, -0.15) is 0 Å².